The highest BCUT2D eigenvalue weighted by Gasteiger charge is 2.42. The number of nitrogens with zero attached hydrogens (tertiary/aromatic N) is 2. The van der Waals surface area contributed by atoms with E-state index in [9.17, 15) is 4.79 Å². The van der Waals surface area contributed by atoms with Crippen molar-refractivity contribution in [2.75, 3.05) is 5.32 Å². The first-order valence-electron chi connectivity index (χ1n) is 9.26. The third-order valence-electron chi connectivity index (χ3n) is 5.60. The highest BCUT2D eigenvalue weighted by atomic mass is 16.1. The summed E-state index contributed by atoms with van der Waals surface area (Å²) in [4.78, 5) is 20.7. The van der Waals surface area contributed by atoms with E-state index in [1.54, 1.807) is 6.20 Å². The largest absolute Gasteiger partial charge is 0.390 e. The van der Waals surface area contributed by atoms with Gasteiger partial charge in [0.2, 0.25) is 5.91 Å². The molecule has 0 bridgehead atoms. The number of hydrogen-bond acceptors (Lipinski definition) is 3. The van der Waals surface area contributed by atoms with Crippen molar-refractivity contribution >= 4 is 23.8 Å². The Morgan fingerprint density at radius 1 is 1.27 bits per heavy atom. The van der Waals surface area contributed by atoms with E-state index in [-0.39, 0.29) is 13.3 Å². The number of anilines is 1. The second-order valence-corrected chi connectivity index (χ2v) is 7.47. The van der Waals surface area contributed by atoms with Crippen LogP contribution >= 0.6 is 0 Å². The number of rotatable bonds is 5. The van der Waals surface area contributed by atoms with Crippen molar-refractivity contribution in [3.05, 3.63) is 42.1 Å². The zero-order valence-electron chi connectivity index (χ0n) is 15.0. The smallest absolute Gasteiger partial charge is 0.227 e. The van der Waals surface area contributed by atoms with E-state index < -0.39 is 0 Å². The van der Waals surface area contributed by atoms with Gasteiger partial charge in [-0.1, -0.05) is 6.07 Å². The minimum atomic E-state index is 0. The molecule has 2 saturated carbocycles. The van der Waals surface area contributed by atoms with E-state index >= 15 is 0 Å². The van der Waals surface area contributed by atoms with Crippen LogP contribution in [0.2, 0.25) is 0 Å². The van der Waals surface area contributed by atoms with Crippen LogP contribution in [0.25, 0.3) is 11.1 Å². The SMILES string of the molecule is Cc1ccc(NC(=O)C2CC(C3CC3)C2)cc1-c1ccc(N=CN)nc1.[HH]. The second kappa shape index (κ2) is 6.90. The summed E-state index contributed by atoms with van der Waals surface area (Å²) in [6.45, 7) is 2.05. The van der Waals surface area contributed by atoms with E-state index in [2.05, 4.69) is 22.2 Å². The Morgan fingerprint density at radius 2 is 2.08 bits per heavy atom. The summed E-state index contributed by atoms with van der Waals surface area (Å²) >= 11 is 0. The quantitative estimate of drug-likeness (QED) is 0.623. The van der Waals surface area contributed by atoms with Crippen LogP contribution in [0.4, 0.5) is 11.5 Å². The average Bonchev–Trinajstić information content (AvgIpc) is 3.41. The van der Waals surface area contributed by atoms with Crippen molar-refractivity contribution in [1.29, 1.82) is 0 Å². The van der Waals surface area contributed by atoms with Gasteiger partial charge in [-0.25, -0.2) is 9.98 Å². The Hall–Kier alpha value is -2.69. The number of carbonyl (C=O) groups excluding carboxylic acids is 1. The maximum absolute atomic E-state index is 12.5. The summed E-state index contributed by atoms with van der Waals surface area (Å²) in [5, 5.41) is 3.09. The lowest BCUT2D eigenvalue weighted by Gasteiger charge is -2.34. The van der Waals surface area contributed by atoms with Crippen LogP contribution in [-0.2, 0) is 4.79 Å². The number of carbonyl (C=O) groups is 1. The van der Waals surface area contributed by atoms with Crippen molar-refractivity contribution < 1.29 is 6.22 Å². The molecule has 0 atom stereocenters. The number of nitrogens with two attached hydrogens (primary N) is 1. The van der Waals surface area contributed by atoms with E-state index in [4.69, 9.17) is 5.73 Å². The first-order valence-corrected chi connectivity index (χ1v) is 9.26. The summed E-state index contributed by atoms with van der Waals surface area (Å²) in [5.41, 5.74) is 9.33. The van der Waals surface area contributed by atoms with Crippen LogP contribution in [0.3, 0.4) is 0 Å². The predicted octanol–water partition coefficient (Wildman–Crippen LogP) is 4.30. The first kappa shape index (κ1) is 16.8. The minimum Gasteiger partial charge on any atom is -0.390 e. The molecule has 2 fully saturated rings. The molecule has 0 unspecified atom stereocenters. The molecule has 4 rings (SSSR count). The normalized spacial score (nSPS) is 22.2. The molecule has 2 aromatic rings. The van der Waals surface area contributed by atoms with Crippen LogP contribution in [-0.4, -0.2) is 17.2 Å². The monoisotopic (exact) mass is 350 g/mol. The maximum Gasteiger partial charge on any atom is 0.227 e. The maximum atomic E-state index is 12.5. The van der Waals surface area contributed by atoms with Gasteiger partial charge in [-0.05, 0) is 79.8 Å². The van der Waals surface area contributed by atoms with Gasteiger partial charge >= 0.3 is 0 Å². The predicted molar refractivity (Wildman–Crippen MR) is 106 cm³/mol. The lowest BCUT2D eigenvalue weighted by molar-refractivity contribution is -0.124. The number of benzene rings is 1. The van der Waals surface area contributed by atoms with Gasteiger partial charge in [0, 0.05) is 24.8 Å². The fourth-order valence-corrected chi connectivity index (χ4v) is 3.78. The van der Waals surface area contributed by atoms with E-state index in [1.807, 2.05) is 30.3 Å². The number of pyridine rings is 1. The zero-order chi connectivity index (χ0) is 18.1. The first-order chi connectivity index (χ1) is 12.6. The summed E-state index contributed by atoms with van der Waals surface area (Å²) in [6.07, 6.45) is 7.86. The number of nitrogens with one attached hydrogen (secondary N) is 1. The Bertz CT molecular complexity index is 840. The molecule has 26 heavy (non-hydrogen) atoms. The summed E-state index contributed by atoms with van der Waals surface area (Å²) < 4.78 is 0. The number of hydrogen-bond donors (Lipinski definition) is 2. The molecule has 0 aliphatic heterocycles. The topological polar surface area (TPSA) is 80.4 Å². The Kier molecular flexibility index (Phi) is 4.45. The molecular formula is C21H26N4O. The minimum absolute atomic E-state index is 0. The van der Waals surface area contributed by atoms with E-state index in [1.165, 1.54) is 19.2 Å². The zero-order valence-corrected chi connectivity index (χ0v) is 15.0. The number of amides is 1. The van der Waals surface area contributed by atoms with Crippen LogP contribution in [0.1, 0.15) is 32.7 Å². The highest BCUT2D eigenvalue weighted by molar-refractivity contribution is 5.94. The number of aromatic nitrogens is 1. The fraction of sp³-hybridized carbons (Fsp3) is 0.381. The molecule has 1 amide bonds. The van der Waals surface area contributed by atoms with Crippen molar-refractivity contribution in [2.45, 2.75) is 32.6 Å². The molecule has 0 spiro atoms. The second-order valence-electron chi connectivity index (χ2n) is 7.47. The standard InChI is InChI=1S/C21H24N4O.H2/c1-13-2-6-18(25-21(26)17-8-16(9-17)14-3-4-14)10-19(13)15-5-7-20(23-11-15)24-12-22;/h2,5-7,10-12,14,16-17H,3-4,8-9H2,1H3,(H,25,26)(H2,22,23,24);1H. The van der Waals surface area contributed by atoms with Gasteiger partial charge in [-0.2, -0.15) is 0 Å². The molecule has 1 heterocycles. The van der Waals surface area contributed by atoms with Gasteiger partial charge in [0.1, 0.15) is 0 Å². The van der Waals surface area contributed by atoms with Gasteiger partial charge in [0.05, 0.1) is 6.34 Å². The van der Waals surface area contributed by atoms with E-state index in [0.29, 0.717) is 5.82 Å². The molecule has 0 saturated heterocycles. The molecule has 2 aliphatic rings. The lowest BCUT2D eigenvalue weighted by Crippen LogP contribution is -2.35. The summed E-state index contributed by atoms with van der Waals surface area (Å²) in [5.74, 6) is 2.61. The molecule has 5 heteroatoms. The molecule has 5 nitrogen and oxygen atoms in total. The Morgan fingerprint density at radius 3 is 2.73 bits per heavy atom. The average molecular weight is 350 g/mol. The molecular weight excluding hydrogens is 324 g/mol. The van der Waals surface area contributed by atoms with Gasteiger partial charge in [0.15, 0.2) is 5.82 Å². The van der Waals surface area contributed by atoms with Gasteiger partial charge in [-0.15, -0.1) is 0 Å². The molecule has 0 radical (unpaired) electrons. The van der Waals surface area contributed by atoms with E-state index in [0.717, 1.165) is 47.1 Å². The highest BCUT2D eigenvalue weighted by Crippen LogP contribution is 2.49. The van der Waals surface area contributed by atoms with Gasteiger partial charge in [-0.3, -0.25) is 4.79 Å². The summed E-state index contributed by atoms with van der Waals surface area (Å²) in [6, 6.07) is 9.82. The lowest BCUT2D eigenvalue weighted by atomic mass is 9.72. The molecule has 3 N–H and O–H groups in total. The number of aliphatic imine (C=N–C) groups is 1. The molecule has 136 valence electrons. The fourth-order valence-electron chi connectivity index (χ4n) is 3.78. The van der Waals surface area contributed by atoms with Gasteiger partial charge in [0.25, 0.3) is 0 Å². The van der Waals surface area contributed by atoms with Crippen molar-refractivity contribution in [3.8, 4) is 11.1 Å². The molecule has 1 aromatic heterocycles. The van der Waals surface area contributed by atoms with Crippen molar-refractivity contribution in [2.24, 2.45) is 28.5 Å². The summed E-state index contributed by atoms with van der Waals surface area (Å²) in [7, 11) is 0. The molecule has 1 aromatic carbocycles. The molecule has 2 aliphatic carbocycles. The Balaban J connectivity index is 0.00000210. The van der Waals surface area contributed by atoms with Crippen LogP contribution in [0, 0.1) is 24.7 Å². The van der Waals surface area contributed by atoms with Crippen molar-refractivity contribution in [3.63, 3.8) is 0 Å². The third kappa shape index (κ3) is 3.47. The van der Waals surface area contributed by atoms with Crippen LogP contribution in [0.5, 0.6) is 0 Å². The number of aryl methyl sites for hydroxylation is 1. The van der Waals surface area contributed by atoms with Gasteiger partial charge < -0.3 is 11.1 Å². The van der Waals surface area contributed by atoms with Crippen LogP contribution < -0.4 is 11.1 Å². The van der Waals surface area contributed by atoms with Crippen LogP contribution in [0.15, 0.2) is 41.5 Å². The Labute approximate surface area is 155 Å². The third-order valence-corrected chi connectivity index (χ3v) is 5.60. The van der Waals surface area contributed by atoms with Crippen molar-refractivity contribution in [1.82, 2.24) is 4.98 Å².